The molecule has 3 rings (SSSR count). The molecule has 0 N–H and O–H groups in total. The Balaban J connectivity index is 2.11. The van der Waals surface area contributed by atoms with Crippen LogP contribution >= 0.6 is 0 Å². The van der Waals surface area contributed by atoms with Crippen LogP contribution in [0.1, 0.15) is 45.1 Å². The number of methoxy groups -OCH3 is 1. The molecule has 5 heteroatoms. The van der Waals surface area contributed by atoms with E-state index in [0.717, 1.165) is 42.4 Å². The number of aromatic nitrogens is 2. The predicted molar refractivity (Wildman–Crippen MR) is 119 cm³/mol. The van der Waals surface area contributed by atoms with Gasteiger partial charge < -0.3 is 4.74 Å². The van der Waals surface area contributed by atoms with Gasteiger partial charge in [-0.1, -0.05) is 93.3 Å². The van der Waals surface area contributed by atoms with E-state index >= 15 is 0 Å². The van der Waals surface area contributed by atoms with Gasteiger partial charge in [-0.25, -0.2) is 9.48 Å². The molecule has 1 heterocycles. The van der Waals surface area contributed by atoms with Crippen LogP contribution in [0.5, 0.6) is 0 Å². The third kappa shape index (κ3) is 5.03. The Morgan fingerprint density at radius 3 is 2.20 bits per heavy atom. The first-order chi connectivity index (χ1) is 14.7. The average molecular weight is 405 g/mol. The first-order valence-corrected chi connectivity index (χ1v) is 10.5. The molecule has 0 bridgehead atoms. The van der Waals surface area contributed by atoms with Crippen LogP contribution in [0, 0.1) is 0 Å². The van der Waals surface area contributed by atoms with Crippen molar-refractivity contribution in [2.75, 3.05) is 7.11 Å². The van der Waals surface area contributed by atoms with E-state index in [-0.39, 0.29) is 5.56 Å². The second-order valence-corrected chi connectivity index (χ2v) is 7.31. The fourth-order valence-corrected chi connectivity index (χ4v) is 3.58. The summed E-state index contributed by atoms with van der Waals surface area (Å²) in [5.41, 5.74) is 2.91. The summed E-state index contributed by atoms with van der Waals surface area (Å²) in [5.74, 6) is -0.437. The highest BCUT2D eigenvalue weighted by molar-refractivity contribution is 5.80. The van der Waals surface area contributed by atoms with E-state index in [9.17, 15) is 9.59 Å². The van der Waals surface area contributed by atoms with Gasteiger partial charge in [-0.3, -0.25) is 4.79 Å². The van der Waals surface area contributed by atoms with Crippen molar-refractivity contribution in [1.29, 1.82) is 0 Å². The molecule has 0 saturated carbocycles. The van der Waals surface area contributed by atoms with E-state index in [0.29, 0.717) is 12.1 Å². The summed E-state index contributed by atoms with van der Waals surface area (Å²) in [6.07, 6.45) is 4.57. The number of carbonyl (C=O) groups is 1. The molecule has 1 aromatic heterocycles. The molecule has 0 aliphatic rings. The van der Waals surface area contributed by atoms with Gasteiger partial charge in [0, 0.05) is 17.2 Å². The maximum absolute atomic E-state index is 13.0. The van der Waals surface area contributed by atoms with Gasteiger partial charge >= 0.3 is 5.97 Å². The van der Waals surface area contributed by atoms with E-state index in [2.05, 4.69) is 6.92 Å². The highest BCUT2D eigenvalue weighted by atomic mass is 16.5. The molecule has 5 nitrogen and oxygen atoms in total. The van der Waals surface area contributed by atoms with E-state index in [1.165, 1.54) is 11.8 Å². The highest BCUT2D eigenvalue weighted by Gasteiger charge is 2.25. The fourth-order valence-electron chi connectivity index (χ4n) is 3.58. The number of ether oxygens (including phenoxy) is 1. The third-order valence-electron chi connectivity index (χ3n) is 5.19. The van der Waals surface area contributed by atoms with Crippen molar-refractivity contribution in [3.63, 3.8) is 0 Å². The summed E-state index contributed by atoms with van der Waals surface area (Å²) in [6, 6.07) is 20.3. The molecule has 0 radical (unpaired) electrons. The van der Waals surface area contributed by atoms with Crippen molar-refractivity contribution in [2.45, 2.75) is 45.1 Å². The lowest BCUT2D eigenvalue weighted by Crippen LogP contribution is -2.33. The Labute approximate surface area is 177 Å². The van der Waals surface area contributed by atoms with Gasteiger partial charge in [0.2, 0.25) is 0 Å². The van der Waals surface area contributed by atoms with E-state index < -0.39 is 12.0 Å². The van der Waals surface area contributed by atoms with Crippen LogP contribution in [-0.2, 0) is 9.53 Å². The Hall–Kier alpha value is -3.21. The van der Waals surface area contributed by atoms with Gasteiger partial charge in [-0.2, -0.15) is 5.10 Å². The molecular weight excluding hydrogens is 376 g/mol. The minimum Gasteiger partial charge on any atom is -0.467 e. The maximum Gasteiger partial charge on any atom is 0.330 e. The first-order valence-electron chi connectivity index (χ1n) is 10.5. The molecule has 0 saturated heterocycles. The van der Waals surface area contributed by atoms with Crippen molar-refractivity contribution in [3.05, 3.63) is 77.1 Å². The number of nitrogens with zero attached hydrogens (tertiary/aromatic N) is 2. The van der Waals surface area contributed by atoms with Crippen molar-refractivity contribution >= 4 is 5.97 Å². The lowest BCUT2D eigenvalue weighted by atomic mass is 10.00. The van der Waals surface area contributed by atoms with Crippen molar-refractivity contribution in [1.82, 2.24) is 9.78 Å². The Morgan fingerprint density at radius 1 is 0.967 bits per heavy atom. The minimum atomic E-state index is -0.730. The molecule has 1 unspecified atom stereocenters. The van der Waals surface area contributed by atoms with Crippen LogP contribution < -0.4 is 5.56 Å². The molecule has 0 aliphatic heterocycles. The summed E-state index contributed by atoms with van der Waals surface area (Å²) in [5, 5.41) is 4.69. The molecule has 2 aromatic carbocycles. The summed E-state index contributed by atoms with van der Waals surface area (Å²) in [6.45, 7) is 2.14. The smallest absolute Gasteiger partial charge is 0.330 e. The van der Waals surface area contributed by atoms with E-state index in [1.54, 1.807) is 6.07 Å². The van der Waals surface area contributed by atoms with Crippen LogP contribution in [0.4, 0.5) is 0 Å². The normalized spacial score (nSPS) is 11.8. The molecule has 0 spiro atoms. The van der Waals surface area contributed by atoms with Crippen molar-refractivity contribution < 1.29 is 9.53 Å². The largest absolute Gasteiger partial charge is 0.467 e. The molecule has 0 aliphatic carbocycles. The number of carbonyl (C=O) groups excluding carboxylic acids is 1. The predicted octanol–water partition coefficient (Wildman–Crippen LogP) is 5.26. The topological polar surface area (TPSA) is 61.2 Å². The van der Waals surface area contributed by atoms with Crippen LogP contribution in [0.2, 0.25) is 0 Å². The molecular formula is C25H28N2O3. The van der Waals surface area contributed by atoms with Crippen molar-refractivity contribution in [2.24, 2.45) is 0 Å². The van der Waals surface area contributed by atoms with Gasteiger partial charge in [0.15, 0.2) is 6.04 Å². The second-order valence-electron chi connectivity index (χ2n) is 7.31. The zero-order valence-electron chi connectivity index (χ0n) is 17.6. The Bertz CT molecular complexity index is 1010. The second kappa shape index (κ2) is 10.5. The number of hydrogen-bond donors (Lipinski definition) is 0. The minimum absolute atomic E-state index is 0.306. The zero-order valence-corrected chi connectivity index (χ0v) is 17.6. The van der Waals surface area contributed by atoms with E-state index in [1.807, 2.05) is 60.7 Å². The van der Waals surface area contributed by atoms with Gasteiger partial charge in [-0.05, 0) is 12.0 Å². The molecule has 156 valence electrons. The number of benzene rings is 2. The lowest BCUT2D eigenvalue weighted by molar-refractivity contribution is -0.145. The summed E-state index contributed by atoms with van der Waals surface area (Å²) < 4.78 is 6.30. The first kappa shape index (κ1) is 21.5. The number of esters is 1. The summed E-state index contributed by atoms with van der Waals surface area (Å²) in [4.78, 5) is 25.5. The quantitative estimate of drug-likeness (QED) is 0.360. The number of hydrogen-bond acceptors (Lipinski definition) is 4. The molecule has 30 heavy (non-hydrogen) atoms. The van der Waals surface area contributed by atoms with E-state index in [4.69, 9.17) is 9.84 Å². The average Bonchev–Trinajstić information content (AvgIpc) is 2.80. The van der Waals surface area contributed by atoms with Crippen LogP contribution in [0.25, 0.3) is 22.4 Å². The standard InChI is InChI=1S/C25H28N2O3/c1-3-4-5-12-17-22(25(29)30-2)27-23(28)18-21(19-13-8-6-9-14-19)24(26-27)20-15-10-7-11-16-20/h6-11,13-16,18,22H,3-5,12,17H2,1-2H3. The molecule has 0 amide bonds. The van der Waals surface area contributed by atoms with Crippen LogP contribution in [-0.4, -0.2) is 22.9 Å². The van der Waals surface area contributed by atoms with Gasteiger partial charge in [-0.15, -0.1) is 0 Å². The monoisotopic (exact) mass is 404 g/mol. The van der Waals surface area contributed by atoms with Gasteiger partial charge in [0.1, 0.15) is 0 Å². The zero-order chi connectivity index (χ0) is 21.3. The lowest BCUT2D eigenvalue weighted by Gasteiger charge is -2.19. The Morgan fingerprint density at radius 2 is 1.60 bits per heavy atom. The maximum atomic E-state index is 13.0. The van der Waals surface area contributed by atoms with Gasteiger partial charge in [0.25, 0.3) is 5.56 Å². The number of unbranched alkanes of at least 4 members (excludes halogenated alkanes) is 3. The molecule has 1 atom stereocenters. The fraction of sp³-hybridized carbons (Fsp3) is 0.320. The summed E-state index contributed by atoms with van der Waals surface area (Å²) >= 11 is 0. The summed E-state index contributed by atoms with van der Waals surface area (Å²) in [7, 11) is 1.35. The SMILES string of the molecule is CCCCCCC(C(=O)OC)n1nc(-c2ccccc2)c(-c2ccccc2)cc1=O. The van der Waals surface area contributed by atoms with Crippen LogP contribution in [0.3, 0.4) is 0 Å². The highest BCUT2D eigenvalue weighted by Crippen LogP contribution is 2.29. The van der Waals surface area contributed by atoms with Crippen molar-refractivity contribution in [3.8, 4) is 22.4 Å². The third-order valence-corrected chi connectivity index (χ3v) is 5.19. The molecule has 0 fully saturated rings. The Kier molecular flexibility index (Phi) is 7.55. The van der Waals surface area contributed by atoms with Crippen LogP contribution in [0.15, 0.2) is 71.5 Å². The van der Waals surface area contributed by atoms with Gasteiger partial charge in [0.05, 0.1) is 12.8 Å². The number of rotatable bonds is 9. The molecule has 3 aromatic rings.